The molecule has 0 aliphatic carbocycles. The van der Waals surface area contributed by atoms with Crippen LogP contribution in [0.15, 0.2) is 48.8 Å². The first-order valence-electron chi connectivity index (χ1n) is 6.42. The minimum atomic E-state index is -0.580. The van der Waals surface area contributed by atoms with Crippen LogP contribution in [0.4, 0.5) is 10.1 Å². The van der Waals surface area contributed by atoms with Gasteiger partial charge in [0.1, 0.15) is 5.69 Å². The van der Waals surface area contributed by atoms with Crippen molar-refractivity contribution in [2.45, 2.75) is 6.92 Å². The number of pyridine rings is 2. The molecule has 5 heteroatoms. The normalized spacial score (nSPS) is 10.6. The number of hydrogen-bond acceptors (Lipinski definition) is 3. The zero-order valence-electron chi connectivity index (χ0n) is 11.3. The molecule has 3 aromatic rings. The van der Waals surface area contributed by atoms with Crippen molar-refractivity contribution in [3.63, 3.8) is 0 Å². The summed E-state index contributed by atoms with van der Waals surface area (Å²) < 4.78 is 13.5. The molecule has 0 saturated heterocycles. The van der Waals surface area contributed by atoms with Crippen LogP contribution in [0.5, 0.6) is 0 Å². The molecule has 0 radical (unpaired) electrons. The van der Waals surface area contributed by atoms with Crippen LogP contribution < -0.4 is 5.32 Å². The van der Waals surface area contributed by atoms with Crippen molar-refractivity contribution < 1.29 is 9.18 Å². The highest BCUT2D eigenvalue weighted by atomic mass is 19.1. The zero-order valence-corrected chi connectivity index (χ0v) is 11.3. The number of nitrogens with one attached hydrogen (secondary N) is 1. The Hall–Kier alpha value is -2.82. The van der Waals surface area contributed by atoms with Crippen molar-refractivity contribution in [3.8, 4) is 0 Å². The summed E-state index contributed by atoms with van der Waals surface area (Å²) in [6.45, 7) is 1.91. The molecule has 0 bridgehead atoms. The Morgan fingerprint density at radius 2 is 2.05 bits per heavy atom. The Balaban J connectivity index is 1.97. The molecular formula is C16H12FN3O. The van der Waals surface area contributed by atoms with Crippen LogP contribution in [0.2, 0.25) is 0 Å². The van der Waals surface area contributed by atoms with E-state index in [0.717, 1.165) is 22.7 Å². The molecule has 0 saturated carbocycles. The SMILES string of the molecule is Cc1cc(C(=O)Nc2ccncc2F)nc2ccccc12. The number of carbonyl (C=O) groups is 1. The molecule has 4 nitrogen and oxygen atoms in total. The lowest BCUT2D eigenvalue weighted by Gasteiger charge is -2.08. The van der Waals surface area contributed by atoms with Crippen LogP contribution in [-0.4, -0.2) is 15.9 Å². The predicted molar refractivity (Wildman–Crippen MR) is 78.6 cm³/mol. The average Bonchev–Trinajstić information content (AvgIpc) is 2.49. The summed E-state index contributed by atoms with van der Waals surface area (Å²) in [6, 6.07) is 10.7. The van der Waals surface area contributed by atoms with Gasteiger partial charge in [0, 0.05) is 11.6 Å². The third-order valence-corrected chi connectivity index (χ3v) is 3.18. The predicted octanol–water partition coefficient (Wildman–Crippen LogP) is 3.33. The largest absolute Gasteiger partial charge is 0.318 e. The number of anilines is 1. The van der Waals surface area contributed by atoms with Crippen molar-refractivity contribution in [1.82, 2.24) is 9.97 Å². The topological polar surface area (TPSA) is 54.9 Å². The molecule has 0 aliphatic rings. The molecule has 1 aromatic carbocycles. The lowest BCUT2D eigenvalue weighted by molar-refractivity contribution is 0.102. The Morgan fingerprint density at radius 3 is 2.86 bits per heavy atom. The molecule has 0 aliphatic heterocycles. The van der Waals surface area contributed by atoms with Gasteiger partial charge >= 0.3 is 0 Å². The number of para-hydroxylation sites is 1. The van der Waals surface area contributed by atoms with E-state index in [-0.39, 0.29) is 11.4 Å². The minimum Gasteiger partial charge on any atom is -0.318 e. The number of rotatable bonds is 2. The lowest BCUT2D eigenvalue weighted by Crippen LogP contribution is -2.15. The number of amides is 1. The molecule has 1 N–H and O–H groups in total. The number of carbonyl (C=O) groups excluding carboxylic acids is 1. The highest BCUT2D eigenvalue weighted by Crippen LogP contribution is 2.18. The first-order valence-corrected chi connectivity index (χ1v) is 6.42. The first-order chi connectivity index (χ1) is 10.1. The number of hydrogen-bond donors (Lipinski definition) is 1. The van der Waals surface area contributed by atoms with Gasteiger partial charge in [0.15, 0.2) is 5.82 Å². The van der Waals surface area contributed by atoms with E-state index in [1.807, 2.05) is 31.2 Å². The number of aromatic nitrogens is 2. The number of halogens is 1. The van der Waals surface area contributed by atoms with Crippen molar-refractivity contribution >= 4 is 22.5 Å². The van der Waals surface area contributed by atoms with Crippen LogP contribution in [0, 0.1) is 12.7 Å². The van der Waals surface area contributed by atoms with Crippen molar-refractivity contribution in [1.29, 1.82) is 0 Å². The second-order valence-corrected chi connectivity index (χ2v) is 4.65. The minimum absolute atomic E-state index is 0.0858. The molecule has 0 fully saturated rings. The van der Waals surface area contributed by atoms with E-state index in [9.17, 15) is 9.18 Å². The van der Waals surface area contributed by atoms with Gasteiger partial charge in [-0.3, -0.25) is 9.78 Å². The molecule has 0 spiro atoms. The monoisotopic (exact) mass is 281 g/mol. The van der Waals surface area contributed by atoms with E-state index < -0.39 is 11.7 Å². The van der Waals surface area contributed by atoms with Crippen LogP contribution in [0.1, 0.15) is 16.1 Å². The van der Waals surface area contributed by atoms with Gasteiger partial charge < -0.3 is 5.32 Å². The van der Waals surface area contributed by atoms with E-state index >= 15 is 0 Å². The molecule has 21 heavy (non-hydrogen) atoms. The van der Waals surface area contributed by atoms with Gasteiger partial charge in [-0.05, 0) is 30.7 Å². The molecular weight excluding hydrogens is 269 g/mol. The Bertz CT molecular complexity index is 833. The molecule has 0 atom stereocenters. The van der Waals surface area contributed by atoms with E-state index in [1.165, 1.54) is 12.3 Å². The summed E-state index contributed by atoms with van der Waals surface area (Å²) in [4.78, 5) is 20.2. The van der Waals surface area contributed by atoms with Crippen molar-refractivity contribution in [2.75, 3.05) is 5.32 Å². The van der Waals surface area contributed by atoms with Crippen molar-refractivity contribution in [2.24, 2.45) is 0 Å². The quantitative estimate of drug-likeness (QED) is 0.784. The number of aryl methyl sites for hydroxylation is 1. The Kier molecular flexibility index (Phi) is 3.31. The molecule has 2 aromatic heterocycles. The van der Waals surface area contributed by atoms with E-state index in [1.54, 1.807) is 6.07 Å². The fourth-order valence-corrected chi connectivity index (χ4v) is 2.13. The second kappa shape index (κ2) is 5.28. The Labute approximate surface area is 120 Å². The van der Waals surface area contributed by atoms with Crippen LogP contribution >= 0.6 is 0 Å². The summed E-state index contributed by atoms with van der Waals surface area (Å²) in [5.74, 6) is -1.03. The summed E-state index contributed by atoms with van der Waals surface area (Å²) in [5.41, 5.74) is 2.02. The maximum absolute atomic E-state index is 13.5. The van der Waals surface area contributed by atoms with E-state index in [0.29, 0.717) is 0 Å². The summed E-state index contributed by atoms with van der Waals surface area (Å²) in [5, 5.41) is 3.49. The maximum atomic E-state index is 13.5. The van der Waals surface area contributed by atoms with Gasteiger partial charge in [0.2, 0.25) is 0 Å². The Morgan fingerprint density at radius 1 is 1.24 bits per heavy atom. The van der Waals surface area contributed by atoms with Gasteiger partial charge in [-0.15, -0.1) is 0 Å². The molecule has 2 heterocycles. The summed E-state index contributed by atoms with van der Waals surface area (Å²) >= 11 is 0. The summed E-state index contributed by atoms with van der Waals surface area (Å²) in [7, 11) is 0. The van der Waals surface area contributed by atoms with Gasteiger partial charge in [-0.2, -0.15) is 0 Å². The van der Waals surface area contributed by atoms with E-state index in [2.05, 4.69) is 15.3 Å². The third-order valence-electron chi connectivity index (χ3n) is 3.18. The smallest absolute Gasteiger partial charge is 0.274 e. The standard InChI is InChI=1S/C16H12FN3O/c1-10-8-15(19-13-5-3-2-4-11(10)13)16(21)20-14-6-7-18-9-12(14)17/h2-9H,1H3,(H,18,20,21). The number of nitrogens with zero attached hydrogens (tertiary/aromatic N) is 2. The fraction of sp³-hybridized carbons (Fsp3) is 0.0625. The molecule has 0 unspecified atom stereocenters. The maximum Gasteiger partial charge on any atom is 0.274 e. The van der Waals surface area contributed by atoms with Crippen LogP contribution in [0.25, 0.3) is 10.9 Å². The summed E-state index contributed by atoms with van der Waals surface area (Å²) in [6.07, 6.45) is 2.46. The van der Waals surface area contributed by atoms with Crippen LogP contribution in [-0.2, 0) is 0 Å². The molecule has 104 valence electrons. The van der Waals surface area contributed by atoms with Crippen molar-refractivity contribution in [3.05, 3.63) is 65.9 Å². The fourth-order valence-electron chi connectivity index (χ4n) is 2.13. The third kappa shape index (κ3) is 2.58. The zero-order chi connectivity index (χ0) is 14.8. The van der Waals surface area contributed by atoms with E-state index in [4.69, 9.17) is 0 Å². The van der Waals surface area contributed by atoms with Gasteiger partial charge in [0.25, 0.3) is 5.91 Å². The van der Waals surface area contributed by atoms with Gasteiger partial charge in [-0.1, -0.05) is 18.2 Å². The lowest BCUT2D eigenvalue weighted by atomic mass is 10.1. The molecule has 1 amide bonds. The van der Waals surface area contributed by atoms with Gasteiger partial charge in [0.05, 0.1) is 17.4 Å². The number of benzene rings is 1. The number of fused-ring (bicyclic) bond motifs is 1. The van der Waals surface area contributed by atoms with Crippen LogP contribution in [0.3, 0.4) is 0 Å². The van der Waals surface area contributed by atoms with Gasteiger partial charge in [-0.25, -0.2) is 9.37 Å². The highest BCUT2D eigenvalue weighted by Gasteiger charge is 2.12. The average molecular weight is 281 g/mol. The molecule has 3 rings (SSSR count). The highest BCUT2D eigenvalue weighted by molar-refractivity contribution is 6.04. The first kappa shape index (κ1) is 13.2. The second-order valence-electron chi connectivity index (χ2n) is 4.65.